The molecule has 0 radical (unpaired) electrons. The van der Waals surface area contributed by atoms with Crippen molar-refractivity contribution in [3.05, 3.63) is 0 Å². The molecule has 0 N–H and O–H groups in total. The third kappa shape index (κ3) is 15.4. The van der Waals surface area contributed by atoms with Crippen LogP contribution in [0.25, 0.3) is 0 Å². The number of hydrogen-bond donors (Lipinski definition) is 0. The molecule has 0 aromatic carbocycles. The minimum Gasteiger partial charge on any atom is -0.119 e. The van der Waals surface area contributed by atoms with E-state index in [9.17, 15) is 4.57 Å². The van der Waals surface area contributed by atoms with E-state index < -0.39 is 8.25 Å². The van der Waals surface area contributed by atoms with Crippen molar-refractivity contribution in [1.29, 1.82) is 0 Å². The topological polar surface area (TPSA) is 35.5 Å². The van der Waals surface area contributed by atoms with Crippen LogP contribution in [0.5, 0.6) is 0 Å². The van der Waals surface area contributed by atoms with Crippen molar-refractivity contribution in [3.63, 3.8) is 0 Å². The molecule has 0 aromatic heterocycles. The fraction of sp³-hybridized carbons (Fsp3) is 1.00. The van der Waals surface area contributed by atoms with Crippen LogP contribution in [-0.4, -0.2) is 13.2 Å². The molecule has 0 amide bonds. The van der Waals surface area contributed by atoms with Gasteiger partial charge in [-0.2, -0.15) is 0 Å². The van der Waals surface area contributed by atoms with Gasteiger partial charge in [0.15, 0.2) is 0 Å². The second-order valence-electron chi connectivity index (χ2n) is 3.30. The number of unbranched alkanes of at least 4 members (excludes halogenated alkanes) is 4. The standard InChI is InChI=1S/C10H22O3P.Nd/c1-3-5-7-9-12-14(11)13-10-8-6-4-2;/h3-10H2,1-2H3;/q+1;. The molecule has 0 heterocycles. The van der Waals surface area contributed by atoms with Crippen LogP contribution in [0.4, 0.5) is 0 Å². The number of rotatable bonds is 10. The second kappa shape index (κ2) is 15.4. The van der Waals surface area contributed by atoms with Gasteiger partial charge in [0.2, 0.25) is 0 Å². The maximum Gasteiger partial charge on any atom is 0.697 e. The first-order valence-electron chi connectivity index (χ1n) is 5.54. The SMILES string of the molecule is CCCCCO[P+](=O)OCCCCC.[Nd]. The smallest absolute Gasteiger partial charge is 0.119 e. The van der Waals surface area contributed by atoms with E-state index in [0.717, 1.165) is 38.5 Å². The van der Waals surface area contributed by atoms with E-state index >= 15 is 0 Å². The summed E-state index contributed by atoms with van der Waals surface area (Å²) in [4.78, 5) is 0. The maximum atomic E-state index is 11.1. The van der Waals surface area contributed by atoms with Gasteiger partial charge in [-0.15, -0.1) is 9.05 Å². The first-order valence-corrected chi connectivity index (χ1v) is 6.63. The summed E-state index contributed by atoms with van der Waals surface area (Å²) in [6.45, 7) is 5.36. The minimum absolute atomic E-state index is 0. The summed E-state index contributed by atoms with van der Waals surface area (Å²) >= 11 is 0. The van der Waals surface area contributed by atoms with E-state index in [1.54, 1.807) is 0 Å². The van der Waals surface area contributed by atoms with Crippen LogP contribution in [0.3, 0.4) is 0 Å². The minimum atomic E-state index is -1.86. The summed E-state index contributed by atoms with van der Waals surface area (Å²) in [7, 11) is -1.86. The molecule has 0 bridgehead atoms. The van der Waals surface area contributed by atoms with Crippen molar-refractivity contribution >= 4 is 8.25 Å². The Bertz CT molecular complexity index is 131. The predicted molar refractivity (Wildman–Crippen MR) is 58.6 cm³/mol. The van der Waals surface area contributed by atoms with E-state index in [1.807, 2.05) is 0 Å². The van der Waals surface area contributed by atoms with Gasteiger partial charge in [-0.1, -0.05) is 39.5 Å². The van der Waals surface area contributed by atoms with Crippen molar-refractivity contribution in [3.8, 4) is 0 Å². The molecule has 0 atom stereocenters. The van der Waals surface area contributed by atoms with Gasteiger partial charge >= 0.3 is 8.25 Å². The van der Waals surface area contributed by atoms with Gasteiger partial charge in [0, 0.05) is 45.4 Å². The molecule has 0 saturated carbocycles. The van der Waals surface area contributed by atoms with Crippen LogP contribution in [0.15, 0.2) is 0 Å². The second-order valence-corrected chi connectivity index (χ2v) is 4.27. The molecule has 0 rings (SSSR count). The molecule has 0 unspecified atom stereocenters. The average Bonchev–Trinajstić information content (AvgIpc) is 2.19. The summed E-state index contributed by atoms with van der Waals surface area (Å²) in [6.07, 6.45) is 6.48. The Kier molecular flexibility index (Phi) is 19.2. The van der Waals surface area contributed by atoms with Crippen LogP contribution in [0, 0.1) is 40.8 Å². The Morgan fingerprint density at radius 2 is 1.27 bits per heavy atom. The predicted octanol–water partition coefficient (Wildman–Crippen LogP) is 4.06. The average molecular weight is 365 g/mol. The summed E-state index contributed by atoms with van der Waals surface area (Å²) < 4.78 is 21.1. The van der Waals surface area contributed by atoms with Gasteiger partial charge in [0.1, 0.15) is 13.2 Å². The van der Waals surface area contributed by atoms with E-state index in [0.29, 0.717) is 13.2 Å². The molecule has 88 valence electrons. The third-order valence-corrected chi connectivity index (χ3v) is 2.68. The number of hydrogen-bond acceptors (Lipinski definition) is 3. The quantitative estimate of drug-likeness (QED) is 0.433. The first kappa shape index (κ1) is 18.7. The maximum absolute atomic E-state index is 11.1. The monoisotopic (exact) mass is 363 g/mol. The molecule has 0 saturated heterocycles. The molecule has 0 fully saturated rings. The Labute approximate surface area is 127 Å². The fourth-order valence-electron chi connectivity index (χ4n) is 1.02. The van der Waals surface area contributed by atoms with Gasteiger partial charge in [0.05, 0.1) is 0 Å². The van der Waals surface area contributed by atoms with E-state index in [1.165, 1.54) is 0 Å². The molecule has 0 aliphatic rings. The van der Waals surface area contributed by atoms with E-state index in [-0.39, 0.29) is 40.8 Å². The van der Waals surface area contributed by atoms with Crippen LogP contribution in [-0.2, 0) is 13.6 Å². The van der Waals surface area contributed by atoms with Crippen LogP contribution in [0.1, 0.15) is 52.4 Å². The summed E-state index contributed by atoms with van der Waals surface area (Å²) in [5, 5.41) is 0. The van der Waals surface area contributed by atoms with E-state index in [2.05, 4.69) is 13.8 Å². The van der Waals surface area contributed by atoms with Crippen molar-refractivity contribution in [2.45, 2.75) is 52.4 Å². The molecule has 3 nitrogen and oxygen atoms in total. The first-order chi connectivity index (χ1) is 6.81. The van der Waals surface area contributed by atoms with Crippen LogP contribution >= 0.6 is 8.25 Å². The van der Waals surface area contributed by atoms with Crippen molar-refractivity contribution < 1.29 is 54.5 Å². The molecule has 0 spiro atoms. The normalized spacial score (nSPS) is 9.73. The molecule has 0 aromatic rings. The van der Waals surface area contributed by atoms with Crippen molar-refractivity contribution in [1.82, 2.24) is 0 Å². The molecule has 15 heavy (non-hydrogen) atoms. The zero-order valence-electron chi connectivity index (χ0n) is 9.83. The molecular weight excluding hydrogens is 343 g/mol. The van der Waals surface area contributed by atoms with Crippen LogP contribution in [0.2, 0.25) is 0 Å². The van der Waals surface area contributed by atoms with Gasteiger partial charge in [-0.25, -0.2) is 0 Å². The van der Waals surface area contributed by atoms with Crippen LogP contribution < -0.4 is 0 Å². The molecule has 0 aliphatic heterocycles. The zero-order chi connectivity index (χ0) is 10.6. The Hall–Kier alpha value is 1.37. The third-order valence-electron chi connectivity index (χ3n) is 1.89. The molecular formula is C10H22NdO3P+. The van der Waals surface area contributed by atoms with E-state index in [4.69, 9.17) is 9.05 Å². The molecule has 5 heteroatoms. The summed E-state index contributed by atoms with van der Waals surface area (Å²) in [5.74, 6) is 0. The summed E-state index contributed by atoms with van der Waals surface area (Å²) in [5.41, 5.74) is 0. The van der Waals surface area contributed by atoms with Gasteiger partial charge in [0.25, 0.3) is 0 Å². The van der Waals surface area contributed by atoms with Crippen molar-refractivity contribution in [2.75, 3.05) is 13.2 Å². The van der Waals surface area contributed by atoms with Gasteiger partial charge < -0.3 is 0 Å². The van der Waals surface area contributed by atoms with Gasteiger partial charge in [-0.05, 0) is 12.8 Å². The van der Waals surface area contributed by atoms with Gasteiger partial charge in [-0.3, -0.25) is 0 Å². The van der Waals surface area contributed by atoms with Crippen molar-refractivity contribution in [2.24, 2.45) is 0 Å². The Balaban J connectivity index is 0. The zero-order valence-corrected chi connectivity index (χ0v) is 13.9. The summed E-state index contributed by atoms with van der Waals surface area (Å²) in [6, 6.07) is 0. The Morgan fingerprint density at radius 3 is 1.60 bits per heavy atom. The largest absolute Gasteiger partial charge is 0.697 e. The Morgan fingerprint density at radius 1 is 0.867 bits per heavy atom. The fourth-order valence-corrected chi connectivity index (χ4v) is 1.65. The molecule has 0 aliphatic carbocycles.